The van der Waals surface area contributed by atoms with Crippen LogP contribution >= 0.6 is 0 Å². The lowest BCUT2D eigenvalue weighted by Crippen LogP contribution is -2.27. The van der Waals surface area contributed by atoms with Gasteiger partial charge >= 0.3 is 5.97 Å². The van der Waals surface area contributed by atoms with Crippen molar-refractivity contribution in [2.45, 2.75) is 66.2 Å². The maximum absolute atomic E-state index is 12.5. The number of rotatable bonds is 3. The molecule has 1 amide bonds. The normalized spacial score (nSPS) is 11.9. The lowest BCUT2D eigenvalue weighted by molar-refractivity contribution is -0.132. The largest absolute Gasteiger partial charge is 0.426 e. The number of amides is 1. The summed E-state index contributed by atoms with van der Waals surface area (Å²) >= 11 is 0. The molecule has 0 aliphatic rings. The Balaban J connectivity index is 2.85. The van der Waals surface area contributed by atoms with Crippen molar-refractivity contribution in [1.29, 1.82) is 0 Å². The summed E-state index contributed by atoms with van der Waals surface area (Å²) in [6, 6.07) is 3.78. The molecular formula is C22H29N3O3. The highest BCUT2D eigenvalue weighted by atomic mass is 16.5. The molecule has 1 aromatic heterocycles. The molecule has 0 unspecified atom stereocenters. The molecule has 2 rings (SSSR count). The molecule has 0 aliphatic heterocycles. The van der Waals surface area contributed by atoms with Gasteiger partial charge in [0.1, 0.15) is 5.75 Å². The van der Waals surface area contributed by atoms with E-state index in [9.17, 15) is 9.59 Å². The zero-order valence-corrected chi connectivity index (χ0v) is 18.0. The fraction of sp³-hybridized carbons (Fsp3) is 0.455. The summed E-state index contributed by atoms with van der Waals surface area (Å²) in [5, 5.41) is 0. The number of aromatic nitrogens is 2. The van der Waals surface area contributed by atoms with Crippen LogP contribution in [0.1, 0.15) is 66.5 Å². The molecule has 0 atom stereocenters. The molecule has 2 aromatic rings. The number of esters is 1. The molecule has 1 aromatic carbocycles. The highest BCUT2D eigenvalue weighted by molar-refractivity contribution is 5.98. The predicted molar refractivity (Wildman–Crippen MR) is 110 cm³/mol. The summed E-state index contributed by atoms with van der Waals surface area (Å²) in [7, 11) is 0. The van der Waals surface area contributed by atoms with Gasteiger partial charge in [-0.15, -0.1) is 0 Å². The van der Waals surface area contributed by atoms with Crippen LogP contribution in [-0.2, 0) is 20.4 Å². The molecule has 0 spiro atoms. The first-order chi connectivity index (χ1) is 12.8. The van der Waals surface area contributed by atoms with Gasteiger partial charge in [0.2, 0.25) is 5.91 Å². The Morgan fingerprint density at radius 2 is 1.46 bits per heavy atom. The molecular weight excluding hydrogens is 354 g/mol. The minimum atomic E-state index is -0.374. The number of hydrogen-bond acceptors (Lipinski definition) is 5. The first-order valence-electron chi connectivity index (χ1n) is 9.26. The Hall–Kier alpha value is -2.76. The van der Waals surface area contributed by atoms with E-state index in [0.29, 0.717) is 17.3 Å². The third kappa shape index (κ3) is 4.74. The van der Waals surface area contributed by atoms with E-state index in [4.69, 9.17) is 4.74 Å². The fourth-order valence-corrected chi connectivity index (χ4v) is 2.99. The van der Waals surface area contributed by atoms with Gasteiger partial charge in [-0.05, 0) is 23.0 Å². The maximum Gasteiger partial charge on any atom is 0.308 e. The Morgan fingerprint density at radius 1 is 0.929 bits per heavy atom. The van der Waals surface area contributed by atoms with Crippen molar-refractivity contribution in [3.63, 3.8) is 0 Å². The van der Waals surface area contributed by atoms with Gasteiger partial charge in [0.05, 0.1) is 11.9 Å². The number of benzene rings is 1. The minimum Gasteiger partial charge on any atom is -0.426 e. The van der Waals surface area contributed by atoms with Gasteiger partial charge in [-0.25, -0.2) is 4.98 Å². The van der Waals surface area contributed by atoms with Crippen molar-refractivity contribution in [2.24, 2.45) is 0 Å². The average Bonchev–Trinajstić information content (AvgIpc) is 2.54. The maximum atomic E-state index is 12.5. The monoisotopic (exact) mass is 383 g/mol. The van der Waals surface area contributed by atoms with Crippen LogP contribution in [0.4, 0.5) is 11.5 Å². The van der Waals surface area contributed by atoms with Crippen LogP contribution in [0, 0.1) is 0 Å². The second-order valence-electron chi connectivity index (χ2n) is 8.88. The van der Waals surface area contributed by atoms with Gasteiger partial charge in [0.15, 0.2) is 5.82 Å². The summed E-state index contributed by atoms with van der Waals surface area (Å²) in [6.07, 6.45) is 4.66. The second kappa shape index (κ2) is 7.70. The smallest absolute Gasteiger partial charge is 0.308 e. The van der Waals surface area contributed by atoms with Crippen molar-refractivity contribution in [2.75, 3.05) is 4.90 Å². The molecule has 28 heavy (non-hydrogen) atoms. The topological polar surface area (TPSA) is 72.4 Å². The third-order valence-corrected chi connectivity index (χ3v) is 4.29. The van der Waals surface area contributed by atoms with Crippen LogP contribution in [0.2, 0.25) is 0 Å². The molecule has 6 nitrogen and oxygen atoms in total. The van der Waals surface area contributed by atoms with E-state index in [1.807, 2.05) is 53.7 Å². The zero-order valence-electron chi connectivity index (χ0n) is 18.0. The molecule has 6 heteroatoms. The van der Waals surface area contributed by atoms with Gasteiger partial charge in [-0.1, -0.05) is 41.5 Å². The first kappa shape index (κ1) is 21.5. The quantitative estimate of drug-likeness (QED) is 0.568. The van der Waals surface area contributed by atoms with E-state index in [0.717, 1.165) is 11.1 Å². The number of ether oxygens (including phenoxy) is 1. The lowest BCUT2D eigenvalue weighted by atomic mass is 9.79. The number of anilines is 2. The lowest BCUT2D eigenvalue weighted by Gasteiger charge is -2.31. The van der Waals surface area contributed by atoms with E-state index >= 15 is 0 Å². The summed E-state index contributed by atoms with van der Waals surface area (Å²) in [5.74, 6) is 0.440. The first-order valence-corrected chi connectivity index (χ1v) is 9.26. The highest BCUT2D eigenvalue weighted by Crippen LogP contribution is 2.43. The van der Waals surface area contributed by atoms with Crippen LogP contribution in [0.15, 0.2) is 30.7 Å². The highest BCUT2D eigenvalue weighted by Gasteiger charge is 2.30. The van der Waals surface area contributed by atoms with Gasteiger partial charge < -0.3 is 4.74 Å². The van der Waals surface area contributed by atoms with Crippen LogP contribution in [0.25, 0.3) is 0 Å². The van der Waals surface area contributed by atoms with E-state index in [1.165, 1.54) is 18.7 Å². The number of carbonyl (C=O) groups excluding carboxylic acids is 2. The number of hydrogen-bond donors (Lipinski definition) is 0. The molecule has 0 radical (unpaired) electrons. The summed E-state index contributed by atoms with van der Waals surface area (Å²) < 4.78 is 5.66. The molecule has 0 fully saturated rings. The van der Waals surface area contributed by atoms with Crippen molar-refractivity contribution < 1.29 is 14.3 Å². The van der Waals surface area contributed by atoms with Gasteiger partial charge in [0.25, 0.3) is 0 Å². The van der Waals surface area contributed by atoms with E-state index < -0.39 is 0 Å². The predicted octanol–water partition coefficient (Wildman–Crippen LogP) is 4.68. The van der Waals surface area contributed by atoms with Crippen LogP contribution in [-0.4, -0.2) is 21.8 Å². The average molecular weight is 383 g/mol. The van der Waals surface area contributed by atoms with Crippen molar-refractivity contribution in [3.8, 4) is 5.75 Å². The number of nitrogens with zero attached hydrogens (tertiary/aromatic N) is 3. The molecule has 0 saturated carbocycles. The Labute approximate surface area is 167 Å². The van der Waals surface area contributed by atoms with E-state index in [2.05, 4.69) is 9.97 Å². The van der Waals surface area contributed by atoms with Crippen LogP contribution < -0.4 is 9.64 Å². The molecule has 150 valence electrons. The SMILES string of the molecule is CC(=O)Oc1c(C(C)(C)C)cc(N(C(C)=O)c2cnccn2)cc1C(C)(C)C. The Kier molecular flexibility index (Phi) is 5.92. The van der Waals surface area contributed by atoms with Crippen LogP contribution in [0.5, 0.6) is 5.75 Å². The molecule has 1 heterocycles. The zero-order chi connectivity index (χ0) is 21.3. The fourth-order valence-electron chi connectivity index (χ4n) is 2.99. The second-order valence-corrected chi connectivity index (χ2v) is 8.88. The molecule has 0 N–H and O–H groups in total. The van der Waals surface area contributed by atoms with E-state index in [1.54, 1.807) is 18.6 Å². The third-order valence-electron chi connectivity index (χ3n) is 4.29. The Morgan fingerprint density at radius 3 is 1.82 bits per heavy atom. The Bertz CT molecular complexity index is 843. The minimum absolute atomic E-state index is 0.180. The number of carbonyl (C=O) groups is 2. The summed E-state index contributed by atoms with van der Waals surface area (Å²) in [4.78, 5) is 34.2. The van der Waals surface area contributed by atoms with Crippen LogP contribution in [0.3, 0.4) is 0 Å². The van der Waals surface area contributed by atoms with Gasteiger partial charge in [-0.2, -0.15) is 0 Å². The van der Waals surface area contributed by atoms with Gasteiger partial charge in [0, 0.05) is 37.4 Å². The molecule has 0 bridgehead atoms. The van der Waals surface area contributed by atoms with Crippen molar-refractivity contribution >= 4 is 23.4 Å². The van der Waals surface area contributed by atoms with E-state index in [-0.39, 0.29) is 22.7 Å². The molecule has 0 aliphatic carbocycles. The molecule has 0 saturated heterocycles. The standard InChI is InChI=1S/C22H29N3O3/c1-14(26)25(19-13-23-9-10-24-19)16-11-17(21(3,4)5)20(28-15(2)27)18(12-16)22(6,7)8/h9-13H,1-8H3. The van der Waals surface area contributed by atoms with Crippen molar-refractivity contribution in [3.05, 3.63) is 41.9 Å². The van der Waals surface area contributed by atoms with Gasteiger partial charge in [-0.3, -0.25) is 19.5 Å². The summed E-state index contributed by atoms with van der Waals surface area (Å²) in [5.41, 5.74) is 1.73. The van der Waals surface area contributed by atoms with Crippen molar-refractivity contribution in [1.82, 2.24) is 9.97 Å². The summed E-state index contributed by atoms with van der Waals surface area (Å²) in [6.45, 7) is 15.2.